The predicted octanol–water partition coefficient (Wildman–Crippen LogP) is 2.61. The Morgan fingerprint density at radius 2 is 1.68 bits per heavy atom. The number of nitrogens with one attached hydrogen (secondary N) is 1. The van der Waals surface area contributed by atoms with Crippen LogP contribution in [0, 0.1) is 12.7 Å². The first-order valence-corrected chi connectivity index (χ1v) is 9.61. The molecule has 1 N–H and O–H groups in total. The van der Waals surface area contributed by atoms with Gasteiger partial charge >= 0.3 is 0 Å². The average molecular weight is 364 g/mol. The Bertz CT molecular complexity index is 834. The summed E-state index contributed by atoms with van der Waals surface area (Å²) >= 11 is 0. The number of sulfonamides is 1. The quantitative estimate of drug-likeness (QED) is 0.857. The second-order valence-electron chi connectivity index (χ2n) is 5.91. The summed E-state index contributed by atoms with van der Waals surface area (Å²) in [6, 6.07) is 11.7. The lowest BCUT2D eigenvalue weighted by Gasteiger charge is -2.28. The first-order chi connectivity index (χ1) is 11.7. The zero-order valence-corrected chi connectivity index (χ0v) is 15.2. The Balaban J connectivity index is 2.15. The molecule has 2 rings (SSSR count). The molecule has 2 aromatic rings. The van der Waals surface area contributed by atoms with Crippen molar-refractivity contribution >= 4 is 21.6 Å². The highest BCUT2D eigenvalue weighted by atomic mass is 32.2. The van der Waals surface area contributed by atoms with Gasteiger partial charge in [-0.3, -0.25) is 9.10 Å². The molecule has 25 heavy (non-hydrogen) atoms. The number of hydrogen-bond acceptors (Lipinski definition) is 3. The van der Waals surface area contributed by atoms with Gasteiger partial charge in [-0.05, 0) is 43.7 Å². The van der Waals surface area contributed by atoms with Gasteiger partial charge < -0.3 is 5.32 Å². The van der Waals surface area contributed by atoms with Crippen LogP contribution in [0.2, 0.25) is 0 Å². The third-order valence-corrected chi connectivity index (χ3v) is 5.00. The van der Waals surface area contributed by atoms with E-state index in [4.69, 9.17) is 0 Å². The van der Waals surface area contributed by atoms with Crippen molar-refractivity contribution in [3.8, 4) is 0 Å². The number of carbonyl (C=O) groups is 1. The molecule has 0 spiro atoms. The first-order valence-electron chi connectivity index (χ1n) is 7.76. The highest BCUT2D eigenvalue weighted by molar-refractivity contribution is 7.92. The van der Waals surface area contributed by atoms with Crippen molar-refractivity contribution in [1.29, 1.82) is 0 Å². The maximum atomic E-state index is 13.1. The van der Waals surface area contributed by atoms with Gasteiger partial charge in [-0.15, -0.1) is 0 Å². The van der Waals surface area contributed by atoms with E-state index < -0.39 is 27.8 Å². The van der Waals surface area contributed by atoms with Crippen LogP contribution >= 0.6 is 0 Å². The van der Waals surface area contributed by atoms with Crippen LogP contribution in [0.4, 0.5) is 10.1 Å². The predicted molar refractivity (Wildman–Crippen MR) is 96.2 cm³/mol. The molecule has 0 aliphatic rings. The molecule has 1 atom stereocenters. The fourth-order valence-electron chi connectivity index (χ4n) is 2.44. The Morgan fingerprint density at radius 3 is 2.20 bits per heavy atom. The van der Waals surface area contributed by atoms with Gasteiger partial charge in [0.15, 0.2) is 0 Å². The number of aryl methyl sites for hydroxylation is 1. The number of amides is 1. The van der Waals surface area contributed by atoms with E-state index in [9.17, 15) is 17.6 Å². The highest BCUT2D eigenvalue weighted by Crippen LogP contribution is 2.21. The van der Waals surface area contributed by atoms with Crippen molar-refractivity contribution in [2.75, 3.05) is 10.6 Å². The van der Waals surface area contributed by atoms with E-state index in [1.54, 1.807) is 0 Å². The largest absolute Gasteiger partial charge is 0.350 e. The number of anilines is 1. The molecule has 0 saturated carbocycles. The van der Waals surface area contributed by atoms with E-state index in [0.717, 1.165) is 33.8 Å². The number of rotatable bonds is 6. The van der Waals surface area contributed by atoms with Gasteiger partial charge in [-0.25, -0.2) is 12.8 Å². The standard InChI is InChI=1S/C18H21FN2O3S/c1-13-4-6-15(7-5-13)12-20-18(22)14(2)21(25(3,23)24)17-10-8-16(19)9-11-17/h4-11,14H,12H2,1-3H3,(H,20,22)/t14-/m0/s1. The minimum atomic E-state index is -3.71. The van der Waals surface area contributed by atoms with Gasteiger partial charge in [0.1, 0.15) is 11.9 Å². The third-order valence-electron chi connectivity index (χ3n) is 3.76. The molecule has 7 heteroatoms. The van der Waals surface area contributed by atoms with Crippen molar-refractivity contribution in [2.24, 2.45) is 0 Å². The van der Waals surface area contributed by atoms with Gasteiger partial charge in [-0.2, -0.15) is 0 Å². The summed E-state index contributed by atoms with van der Waals surface area (Å²) < 4.78 is 38.3. The number of halogens is 1. The number of benzene rings is 2. The average Bonchev–Trinajstić information content (AvgIpc) is 2.54. The van der Waals surface area contributed by atoms with Crippen LogP contribution in [-0.4, -0.2) is 26.6 Å². The fourth-order valence-corrected chi connectivity index (χ4v) is 3.61. The molecule has 0 aliphatic heterocycles. The van der Waals surface area contributed by atoms with Crippen LogP contribution < -0.4 is 9.62 Å². The zero-order chi connectivity index (χ0) is 18.6. The Kier molecular flexibility index (Phi) is 5.79. The monoisotopic (exact) mass is 364 g/mol. The maximum Gasteiger partial charge on any atom is 0.243 e. The molecular formula is C18H21FN2O3S. The van der Waals surface area contributed by atoms with E-state index in [2.05, 4.69) is 5.32 Å². The van der Waals surface area contributed by atoms with Crippen LogP contribution in [0.15, 0.2) is 48.5 Å². The maximum absolute atomic E-state index is 13.1. The van der Waals surface area contributed by atoms with Gasteiger partial charge in [0.05, 0.1) is 11.9 Å². The summed E-state index contributed by atoms with van der Waals surface area (Å²) in [5.41, 5.74) is 2.27. The summed E-state index contributed by atoms with van der Waals surface area (Å²) in [4.78, 5) is 12.4. The molecule has 0 unspecified atom stereocenters. The van der Waals surface area contributed by atoms with Crippen molar-refractivity contribution in [1.82, 2.24) is 5.32 Å². The molecule has 5 nitrogen and oxygen atoms in total. The van der Waals surface area contributed by atoms with E-state index in [1.165, 1.54) is 19.1 Å². The normalized spacial score (nSPS) is 12.5. The summed E-state index contributed by atoms with van der Waals surface area (Å²) in [7, 11) is -3.71. The van der Waals surface area contributed by atoms with Gasteiger partial charge in [0.2, 0.25) is 15.9 Å². The highest BCUT2D eigenvalue weighted by Gasteiger charge is 2.28. The van der Waals surface area contributed by atoms with E-state index in [0.29, 0.717) is 6.54 Å². The lowest BCUT2D eigenvalue weighted by Crippen LogP contribution is -2.47. The molecule has 0 saturated heterocycles. The molecule has 134 valence electrons. The fraction of sp³-hybridized carbons (Fsp3) is 0.278. The first kappa shape index (κ1) is 18.9. The summed E-state index contributed by atoms with van der Waals surface area (Å²) in [5, 5.41) is 2.73. The molecular weight excluding hydrogens is 343 g/mol. The topological polar surface area (TPSA) is 66.5 Å². The molecule has 1 amide bonds. The van der Waals surface area contributed by atoms with Crippen molar-refractivity contribution in [3.05, 3.63) is 65.5 Å². The van der Waals surface area contributed by atoms with E-state index >= 15 is 0 Å². The van der Waals surface area contributed by atoms with Crippen molar-refractivity contribution < 1.29 is 17.6 Å². The van der Waals surface area contributed by atoms with E-state index in [-0.39, 0.29) is 5.69 Å². The SMILES string of the molecule is Cc1ccc(CNC(=O)[C@H](C)N(c2ccc(F)cc2)S(C)(=O)=O)cc1. The molecule has 0 fully saturated rings. The third kappa shape index (κ3) is 5.03. The van der Waals surface area contributed by atoms with Crippen LogP contribution in [-0.2, 0) is 21.4 Å². The summed E-state index contributed by atoms with van der Waals surface area (Å²) in [5.74, 6) is -0.913. The van der Waals surface area contributed by atoms with Crippen LogP contribution in [0.5, 0.6) is 0 Å². The lowest BCUT2D eigenvalue weighted by atomic mass is 10.1. The number of hydrogen-bond donors (Lipinski definition) is 1. The number of carbonyl (C=O) groups excluding carboxylic acids is 1. The zero-order valence-electron chi connectivity index (χ0n) is 14.4. The van der Waals surface area contributed by atoms with Crippen LogP contribution in [0.3, 0.4) is 0 Å². The van der Waals surface area contributed by atoms with Gasteiger partial charge in [-0.1, -0.05) is 29.8 Å². The van der Waals surface area contributed by atoms with Crippen LogP contribution in [0.1, 0.15) is 18.1 Å². The van der Waals surface area contributed by atoms with Crippen molar-refractivity contribution in [2.45, 2.75) is 26.4 Å². The Labute approximate surface area is 147 Å². The molecule has 0 aliphatic carbocycles. The Morgan fingerprint density at radius 1 is 1.12 bits per heavy atom. The second kappa shape index (κ2) is 7.65. The van der Waals surface area contributed by atoms with Gasteiger partial charge in [0.25, 0.3) is 0 Å². The van der Waals surface area contributed by atoms with Gasteiger partial charge in [0, 0.05) is 6.54 Å². The summed E-state index contributed by atoms with van der Waals surface area (Å²) in [6.45, 7) is 3.76. The second-order valence-corrected chi connectivity index (χ2v) is 7.77. The lowest BCUT2D eigenvalue weighted by molar-refractivity contribution is -0.122. The molecule has 2 aromatic carbocycles. The minimum absolute atomic E-state index is 0.238. The van der Waals surface area contributed by atoms with Crippen molar-refractivity contribution in [3.63, 3.8) is 0 Å². The minimum Gasteiger partial charge on any atom is -0.350 e. The molecule has 0 aromatic heterocycles. The summed E-state index contributed by atoms with van der Waals surface area (Å²) in [6.07, 6.45) is 1.01. The molecule has 0 heterocycles. The molecule has 0 radical (unpaired) electrons. The van der Waals surface area contributed by atoms with E-state index in [1.807, 2.05) is 31.2 Å². The number of nitrogens with zero attached hydrogens (tertiary/aromatic N) is 1. The Hall–Kier alpha value is -2.41. The smallest absolute Gasteiger partial charge is 0.243 e. The van der Waals surface area contributed by atoms with Crippen LogP contribution in [0.25, 0.3) is 0 Å². The molecule has 0 bridgehead atoms.